The molecule has 0 aliphatic carbocycles. The topological polar surface area (TPSA) is 158 Å². The average molecular weight is 654 g/mol. The molecule has 10 nitrogen and oxygen atoms in total. The molecular weight excluding hydrogens is 604 g/mol. The summed E-state index contributed by atoms with van der Waals surface area (Å²) in [5, 5.41) is 52.7. The van der Waals surface area contributed by atoms with Crippen molar-refractivity contribution < 1.29 is 53.3 Å². The van der Waals surface area contributed by atoms with E-state index in [0.717, 1.165) is 51.4 Å². The standard InChI is InChI=1S/C34H49F2NO9/c1-22(38)30(40)27(21-44-34-33(43)32(42)31(41)28(20-35)46-34)37-29(39)11-9-7-5-3-2-4-6-8-10-23-12-16-25(17-13-23)45-26-18-14-24(36)15-19-26/h12-19,22,27-28,30-34,38,40-43H,2-11,20-21H2,1H3,(H,37,39)/t22-,27+,28?,30-,31-,32?,33?,34+/m1/s1. The third-order valence-electron chi connectivity index (χ3n) is 8.11. The SMILES string of the molecule is C[C@@H](O)[C@@H](O)[C@H](CO[C@H]1OC(CF)[C@@H](O)C(O)C1O)NC(=O)CCCCCCCCCCc1ccc(Oc2ccc(F)cc2)cc1. The quantitative estimate of drug-likeness (QED) is 0.117. The van der Waals surface area contributed by atoms with Gasteiger partial charge in [0.05, 0.1) is 18.8 Å². The number of aliphatic hydroxyl groups is 5. The molecule has 0 spiro atoms. The van der Waals surface area contributed by atoms with Crippen LogP contribution in [0.3, 0.4) is 0 Å². The molecule has 3 rings (SSSR count). The molecule has 0 bridgehead atoms. The van der Waals surface area contributed by atoms with Crippen LogP contribution in [0, 0.1) is 5.82 Å². The molecule has 1 amide bonds. The van der Waals surface area contributed by atoms with Crippen molar-refractivity contribution in [2.75, 3.05) is 13.3 Å². The fourth-order valence-electron chi connectivity index (χ4n) is 5.26. The van der Waals surface area contributed by atoms with E-state index < -0.39 is 62.2 Å². The lowest BCUT2D eigenvalue weighted by molar-refractivity contribution is -0.300. The summed E-state index contributed by atoms with van der Waals surface area (Å²) in [4.78, 5) is 12.5. The maximum atomic E-state index is 13.1. The van der Waals surface area contributed by atoms with Crippen molar-refractivity contribution in [2.45, 2.75) is 120 Å². The number of unbranched alkanes of at least 4 members (excludes halogenated alkanes) is 7. The lowest BCUT2D eigenvalue weighted by Crippen LogP contribution is -2.60. The molecule has 3 unspecified atom stereocenters. The molecule has 8 atom stereocenters. The highest BCUT2D eigenvalue weighted by molar-refractivity contribution is 5.76. The van der Waals surface area contributed by atoms with Crippen molar-refractivity contribution in [3.05, 3.63) is 59.9 Å². The first kappa shape index (κ1) is 37.7. The maximum absolute atomic E-state index is 13.1. The number of hydrogen-bond donors (Lipinski definition) is 6. The summed E-state index contributed by atoms with van der Waals surface area (Å²) in [5.41, 5.74) is 1.24. The molecule has 6 N–H and O–H groups in total. The molecule has 1 heterocycles. The Morgan fingerprint density at radius 1 is 0.848 bits per heavy atom. The monoisotopic (exact) mass is 653 g/mol. The zero-order valence-corrected chi connectivity index (χ0v) is 26.3. The Bertz CT molecular complexity index is 1140. The van der Waals surface area contributed by atoms with Crippen molar-refractivity contribution in [2.24, 2.45) is 0 Å². The van der Waals surface area contributed by atoms with Gasteiger partial charge >= 0.3 is 0 Å². The summed E-state index contributed by atoms with van der Waals surface area (Å²) in [6.07, 6.45) is -1.26. The van der Waals surface area contributed by atoms with Gasteiger partial charge in [-0.3, -0.25) is 4.79 Å². The van der Waals surface area contributed by atoms with Crippen molar-refractivity contribution >= 4 is 5.91 Å². The van der Waals surface area contributed by atoms with E-state index in [2.05, 4.69) is 5.32 Å². The highest BCUT2D eigenvalue weighted by atomic mass is 19.1. The van der Waals surface area contributed by atoms with Gasteiger partial charge in [-0.05, 0) is 68.1 Å². The van der Waals surface area contributed by atoms with E-state index in [9.17, 15) is 39.1 Å². The first-order valence-corrected chi connectivity index (χ1v) is 16.1. The molecule has 258 valence electrons. The second-order valence-electron chi connectivity index (χ2n) is 11.9. The molecule has 1 saturated heterocycles. The minimum atomic E-state index is -1.70. The van der Waals surface area contributed by atoms with Crippen LogP contribution in [0.5, 0.6) is 11.5 Å². The molecule has 1 aliphatic heterocycles. The molecule has 1 aliphatic rings. The van der Waals surface area contributed by atoms with E-state index in [1.807, 2.05) is 24.3 Å². The third-order valence-corrected chi connectivity index (χ3v) is 8.11. The van der Waals surface area contributed by atoms with Gasteiger partial charge in [0, 0.05) is 6.42 Å². The molecular formula is C34H49F2NO9. The summed E-state index contributed by atoms with van der Waals surface area (Å²) in [6.45, 7) is -0.158. The summed E-state index contributed by atoms with van der Waals surface area (Å²) >= 11 is 0. The Hall–Kier alpha value is -2.71. The van der Waals surface area contributed by atoms with Crippen LogP contribution in [0.15, 0.2) is 48.5 Å². The first-order chi connectivity index (χ1) is 22.1. The molecule has 0 saturated carbocycles. The first-order valence-electron chi connectivity index (χ1n) is 16.1. The van der Waals surface area contributed by atoms with Crippen LogP contribution in [0.25, 0.3) is 0 Å². The van der Waals surface area contributed by atoms with Gasteiger partial charge in [-0.1, -0.05) is 50.7 Å². The van der Waals surface area contributed by atoms with Gasteiger partial charge in [-0.2, -0.15) is 0 Å². The molecule has 46 heavy (non-hydrogen) atoms. The second-order valence-corrected chi connectivity index (χ2v) is 11.9. The van der Waals surface area contributed by atoms with Crippen molar-refractivity contribution in [1.82, 2.24) is 5.32 Å². The molecule has 2 aromatic rings. The summed E-state index contributed by atoms with van der Waals surface area (Å²) < 4.78 is 42.5. The van der Waals surface area contributed by atoms with Crippen LogP contribution < -0.4 is 10.1 Å². The highest BCUT2D eigenvalue weighted by Gasteiger charge is 2.44. The number of amides is 1. The number of alkyl halides is 1. The van der Waals surface area contributed by atoms with Crippen molar-refractivity contribution in [1.29, 1.82) is 0 Å². The van der Waals surface area contributed by atoms with Gasteiger partial charge in [0.15, 0.2) is 6.29 Å². The predicted molar refractivity (Wildman–Crippen MR) is 166 cm³/mol. The number of halogens is 2. The van der Waals surface area contributed by atoms with Crippen LogP contribution in [-0.2, 0) is 20.7 Å². The van der Waals surface area contributed by atoms with Crippen LogP contribution in [0.1, 0.15) is 70.3 Å². The zero-order chi connectivity index (χ0) is 33.5. The van der Waals surface area contributed by atoms with Gasteiger partial charge in [-0.15, -0.1) is 0 Å². The smallest absolute Gasteiger partial charge is 0.220 e. The second kappa shape index (κ2) is 19.8. The van der Waals surface area contributed by atoms with Crippen LogP contribution in [-0.4, -0.2) is 93.7 Å². The largest absolute Gasteiger partial charge is 0.457 e. The average Bonchev–Trinajstić information content (AvgIpc) is 3.05. The fraction of sp³-hybridized carbons (Fsp3) is 0.618. The van der Waals surface area contributed by atoms with E-state index in [0.29, 0.717) is 17.9 Å². The molecule has 0 aromatic heterocycles. The predicted octanol–water partition coefficient (Wildman–Crippen LogP) is 3.69. The Morgan fingerprint density at radius 3 is 2.00 bits per heavy atom. The normalized spacial score (nSPS) is 23.4. The van der Waals surface area contributed by atoms with Gasteiger partial charge in [0.1, 0.15) is 54.5 Å². The summed E-state index contributed by atoms with van der Waals surface area (Å²) in [5.74, 6) is 0.659. The van der Waals surface area contributed by atoms with E-state index in [1.165, 1.54) is 24.6 Å². The lowest BCUT2D eigenvalue weighted by Gasteiger charge is -2.40. The minimum absolute atomic E-state index is 0.216. The van der Waals surface area contributed by atoms with Gasteiger partial charge in [0.2, 0.25) is 5.91 Å². The number of hydrogen-bond acceptors (Lipinski definition) is 9. The fourth-order valence-corrected chi connectivity index (χ4v) is 5.26. The van der Waals surface area contributed by atoms with Crippen molar-refractivity contribution in [3.8, 4) is 11.5 Å². The minimum Gasteiger partial charge on any atom is -0.457 e. The van der Waals surface area contributed by atoms with Crippen LogP contribution in [0.4, 0.5) is 8.78 Å². The number of aliphatic hydroxyl groups excluding tert-OH is 5. The molecule has 1 fully saturated rings. The molecule has 0 radical (unpaired) electrons. The number of nitrogens with one attached hydrogen (secondary N) is 1. The van der Waals surface area contributed by atoms with E-state index in [1.54, 1.807) is 12.1 Å². The number of carbonyl (C=O) groups is 1. The van der Waals surface area contributed by atoms with Gasteiger partial charge < -0.3 is 45.1 Å². The number of benzene rings is 2. The molecule has 2 aromatic carbocycles. The van der Waals surface area contributed by atoms with Gasteiger partial charge in [0.25, 0.3) is 0 Å². The van der Waals surface area contributed by atoms with E-state index in [-0.39, 0.29) is 18.1 Å². The maximum Gasteiger partial charge on any atom is 0.220 e. The Balaban J connectivity index is 1.25. The lowest BCUT2D eigenvalue weighted by atomic mass is 9.99. The summed E-state index contributed by atoms with van der Waals surface area (Å²) in [7, 11) is 0. The van der Waals surface area contributed by atoms with Crippen molar-refractivity contribution in [3.63, 3.8) is 0 Å². The number of ether oxygens (including phenoxy) is 3. The van der Waals surface area contributed by atoms with E-state index >= 15 is 0 Å². The Kier molecular flexibility index (Phi) is 16.3. The number of carbonyl (C=O) groups excluding carboxylic acids is 1. The van der Waals surface area contributed by atoms with Gasteiger partial charge in [-0.25, -0.2) is 8.78 Å². The number of aryl methyl sites for hydroxylation is 1. The van der Waals surface area contributed by atoms with Crippen LogP contribution >= 0.6 is 0 Å². The Labute approximate surface area is 269 Å². The third kappa shape index (κ3) is 12.5. The zero-order valence-electron chi connectivity index (χ0n) is 26.3. The van der Waals surface area contributed by atoms with Crippen LogP contribution in [0.2, 0.25) is 0 Å². The van der Waals surface area contributed by atoms with E-state index in [4.69, 9.17) is 14.2 Å². The Morgan fingerprint density at radius 2 is 1.41 bits per heavy atom. The highest BCUT2D eigenvalue weighted by Crippen LogP contribution is 2.24. The molecule has 12 heteroatoms. The summed E-state index contributed by atoms with van der Waals surface area (Å²) in [6, 6.07) is 12.8. The number of rotatable bonds is 20.